The first-order chi connectivity index (χ1) is 7.53. The number of ether oxygens (including phenoxy) is 1. The fraction of sp³-hybridized carbons (Fsp3) is 0.750. The Balaban J connectivity index is 2.26. The van der Waals surface area contributed by atoms with Crippen LogP contribution in [0, 0.1) is 12.3 Å². The van der Waals surface area contributed by atoms with Crippen molar-refractivity contribution in [1.82, 2.24) is 10.6 Å². The van der Waals surface area contributed by atoms with Gasteiger partial charge in [-0.3, -0.25) is 10.1 Å². The molecule has 1 saturated heterocycles. The number of hydrogen-bond donors (Lipinski definition) is 2. The highest BCUT2D eigenvalue weighted by Gasteiger charge is 2.29. The summed E-state index contributed by atoms with van der Waals surface area (Å²) in [4.78, 5) is 11.5. The van der Waals surface area contributed by atoms with Crippen LogP contribution in [0.3, 0.4) is 0 Å². The summed E-state index contributed by atoms with van der Waals surface area (Å²) in [6, 6.07) is 0.212. The molecule has 90 valence electrons. The normalized spacial score (nSPS) is 23.4. The van der Waals surface area contributed by atoms with Crippen molar-refractivity contribution in [3.05, 3.63) is 0 Å². The summed E-state index contributed by atoms with van der Waals surface area (Å²) in [5, 5.41) is 5.85. The molecule has 1 heterocycles. The van der Waals surface area contributed by atoms with Crippen molar-refractivity contribution in [2.45, 2.75) is 38.3 Å². The standard InChI is InChI=1S/C12H20N2O2/c1-4-6-13-9-11(15)14-10-5-7-16-12(2,3)8-10/h1,10,13H,5-9H2,2-3H3,(H,14,15). The summed E-state index contributed by atoms with van der Waals surface area (Å²) < 4.78 is 5.58. The van der Waals surface area contributed by atoms with Crippen molar-refractivity contribution >= 4 is 5.91 Å². The van der Waals surface area contributed by atoms with Crippen LogP contribution in [0.1, 0.15) is 26.7 Å². The van der Waals surface area contributed by atoms with Gasteiger partial charge in [-0.05, 0) is 26.7 Å². The van der Waals surface area contributed by atoms with Gasteiger partial charge in [-0.25, -0.2) is 0 Å². The predicted octanol–water partition coefficient (Wildman–Crippen LogP) is 0.283. The lowest BCUT2D eigenvalue weighted by atomic mass is 9.94. The molecule has 1 aliphatic rings. The minimum absolute atomic E-state index is 0.00190. The highest BCUT2D eigenvalue weighted by Crippen LogP contribution is 2.23. The number of carbonyl (C=O) groups is 1. The van der Waals surface area contributed by atoms with E-state index in [1.54, 1.807) is 0 Å². The molecule has 1 aliphatic heterocycles. The molecule has 0 radical (unpaired) electrons. The fourth-order valence-electron chi connectivity index (χ4n) is 1.88. The van der Waals surface area contributed by atoms with Gasteiger partial charge in [0, 0.05) is 12.6 Å². The van der Waals surface area contributed by atoms with Crippen LogP contribution in [0.15, 0.2) is 0 Å². The quantitative estimate of drug-likeness (QED) is 0.533. The minimum atomic E-state index is -0.136. The Morgan fingerprint density at radius 2 is 2.38 bits per heavy atom. The second kappa shape index (κ2) is 5.88. The molecule has 0 saturated carbocycles. The summed E-state index contributed by atoms with van der Waals surface area (Å²) in [6.45, 7) is 5.49. The average Bonchev–Trinajstić information content (AvgIpc) is 2.16. The van der Waals surface area contributed by atoms with E-state index in [0.29, 0.717) is 13.2 Å². The number of hydrogen-bond acceptors (Lipinski definition) is 3. The lowest BCUT2D eigenvalue weighted by Crippen LogP contribution is -2.47. The van der Waals surface area contributed by atoms with Gasteiger partial charge in [-0.1, -0.05) is 5.92 Å². The molecule has 0 spiro atoms. The molecule has 16 heavy (non-hydrogen) atoms. The van der Waals surface area contributed by atoms with Gasteiger partial charge in [0.15, 0.2) is 0 Å². The maximum absolute atomic E-state index is 11.5. The van der Waals surface area contributed by atoms with Crippen LogP contribution in [0.25, 0.3) is 0 Å². The first-order valence-electron chi connectivity index (χ1n) is 5.61. The first kappa shape index (κ1) is 13.0. The molecule has 1 fully saturated rings. The van der Waals surface area contributed by atoms with Crippen molar-refractivity contribution in [3.8, 4) is 12.3 Å². The van der Waals surface area contributed by atoms with E-state index in [9.17, 15) is 4.79 Å². The Hall–Kier alpha value is -1.05. The largest absolute Gasteiger partial charge is 0.375 e. The Bertz CT molecular complexity index is 281. The molecule has 4 nitrogen and oxygen atoms in total. The number of amides is 1. The Morgan fingerprint density at radius 3 is 3.00 bits per heavy atom. The van der Waals surface area contributed by atoms with E-state index in [1.165, 1.54) is 0 Å². The second-order valence-electron chi connectivity index (χ2n) is 4.67. The molecular formula is C12H20N2O2. The van der Waals surface area contributed by atoms with Crippen LogP contribution in [0.4, 0.5) is 0 Å². The van der Waals surface area contributed by atoms with Gasteiger partial charge < -0.3 is 10.1 Å². The molecule has 0 aromatic heterocycles. The molecule has 1 amide bonds. The van der Waals surface area contributed by atoms with Crippen LogP contribution in [0.2, 0.25) is 0 Å². The van der Waals surface area contributed by atoms with Gasteiger partial charge in [-0.2, -0.15) is 0 Å². The topological polar surface area (TPSA) is 50.4 Å². The van der Waals surface area contributed by atoms with Crippen molar-refractivity contribution in [3.63, 3.8) is 0 Å². The van der Waals surface area contributed by atoms with E-state index in [1.807, 2.05) is 13.8 Å². The maximum atomic E-state index is 11.5. The summed E-state index contributed by atoms with van der Waals surface area (Å²) in [6.07, 6.45) is 6.81. The second-order valence-corrected chi connectivity index (χ2v) is 4.67. The summed E-state index contributed by atoms with van der Waals surface area (Å²) in [5.41, 5.74) is -0.136. The third-order valence-corrected chi connectivity index (χ3v) is 2.57. The third kappa shape index (κ3) is 4.65. The van der Waals surface area contributed by atoms with E-state index in [0.717, 1.165) is 12.8 Å². The van der Waals surface area contributed by atoms with E-state index >= 15 is 0 Å². The molecule has 4 heteroatoms. The molecule has 0 aromatic carbocycles. The fourth-order valence-corrected chi connectivity index (χ4v) is 1.88. The van der Waals surface area contributed by atoms with Crippen LogP contribution in [-0.4, -0.2) is 37.2 Å². The molecule has 0 aromatic rings. The van der Waals surface area contributed by atoms with Gasteiger partial charge in [-0.15, -0.1) is 6.42 Å². The highest BCUT2D eigenvalue weighted by molar-refractivity contribution is 5.78. The first-order valence-corrected chi connectivity index (χ1v) is 5.61. The lowest BCUT2D eigenvalue weighted by Gasteiger charge is -2.35. The minimum Gasteiger partial charge on any atom is -0.375 e. The monoisotopic (exact) mass is 224 g/mol. The van der Waals surface area contributed by atoms with Crippen LogP contribution >= 0.6 is 0 Å². The Morgan fingerprint density at radius 1 is 1.62 bits per heavy atom. The third-order valence-electron chi connectivity index (χ3n) is 2.57. The predicted molar refractivity (Wildman–Crippen MR) is 62.9 cm³/mol. The van der Waals surface area contributed by atoms with Crippen LogP contribution in [-0.2, 0) is 9.53 Å². The van der Waals surface area contributed by atoms with E-state index < -0.39 is 0 Å². The van der Waals surface area contributed by atoms with Crippen molar-refractivity contribution in [2.75, 3.05) is 19.7 Å². The van der Waals surface area contributed by atoms with Gasteiger partial charge in [0.25, 0.3) is 0 Å². The van der Waals surface area contributed by atoms with Crippen molar-refractivity contribution in [1.29, 1.82) is 0 Å². The van der Waals surface area contributed by atoms with E-state index in [4.69, 9.17) is 11.2 Å². The lowest BCUT2D eigenvalue weighted by molar-refractivity contribution is -0.123. The number of terminal acetylenes is 1. The zero-order chi connectivity index (χ0) is 12.0. The van der Waals surface area contributed by atoms with E-state index in [2.05, 4.69) is 16.6 Å². The Labute approximate surface area is 97.1 Å². The number of rotatable bonds is 4. The highest BCUT2D eigenvalue weighted by atomic mass is 16.5. The maximum Gasteiger partial charge on any atom is 0.234 e. The van der Waals surface area contributed by atoms with Crippen molar-refractivity contribution in [2.24, 2.45) is 0 Å². The SMILES string of the molecule is C#CCNCC(=O)NC1CCOC(C)(C)C1. The molecule has 0 aliphatic carbocycles. The summed E-state index contributed by atoms with van der Waals surface area (Å²) in [5.74, 6) is 2.43. The van der Waals surface area contributed by atoms with E-state index in [-0.39, 0.29) is 24.1 Å². The van der Waals surface area contributed by atoms with Crippen LogP contribution in [0.5, 0.6) is 0 Å². The number of nitrogens with one attached hydrogen (secondary N) is 2. The zero-order valence-corrected chi connectivity index (χ0v) is 10.0. The van der Waals surface area contributed by atoms with Crippen LogP contribution < -0.4 is 10.6 Å². The van der Waals surface area contributed by atoms with Gasteiger partial charge in [0.2, 0.25) is 5.91 Å². The smallest absolute Gasteiger partial charge is 0.234 e. The number of carbonyl (C=O) groups excluding carboxylic acids is 1. The van der Waals surface area contributed by atoms with Gasteiger partial charge in [0.1, 0.15) is 0 Å². The van der Waals surface area contributed by atoms with Crippen molar-refractivity contribution < 1.29 is 9.53 Å². The average molecular weight is 224 g/mol. The molecule has 1 unspecified atom stereocenters. The molecule has 1 atom stereocenters. The molecule has 1 rings (SSSR count). The summed E-state index contributed by atoms with van der Waals surface area (Å²) >= 11 is 0. The Kier molecular flexibility index (Phi) is 4.78. The molecule has 2 N–H and O–H groups in total. The summed E-state index contributed by atoms with van der Waals surface area (Å²) in [7, 11) is 0. The molecular weight excluding hydrogens is 204 g/mol. The molecule has 0 bridgehead atoms. The van der Waals surface area contributed by atoms with Gasteiger partial charge >= 0.3 is 0 Å². The zero-order valence-electron chi connectivity index (χ0n) is 10.0. The van der Waals surface area contributed by atoms with Gasteiger partial charge in [0.05, 0.1) is 18.7 Å².